The van der Waals surface area contributed by atoms with Crippen molar-refractivity contribution in [1.29, 1.82) is 0 Å². The monoisotopic (exact) mass is 259 g/mol. The summed E-state index contributed by atoms with van der Waals surface area (Å²) in [7, 11) is 0. The number of aromatic hydroxyl groups is 1. The molecule has 0 heterocycles. The third kappa shape index (κ3) is 3.55. The van der Waals surface area contributed by atoms with Crippen molar-refractivity contribution in [2.24, 2.45) is 0 Å². The Morgan fingerprint density at radius 3 is 2.68 bits per heavy atom. The number of hydrogen-bond acceptors (Lipinski definition) is 2. The van der Waals surface area contributed by atoms with Crippen LogP contribution in [0.1, 0.15) is 29.7 Å². The fourth-order valence-electron chi connectivity index (χ4n) is 2.00. The molecular weight excluding hydrogens is 241 g/mol. The number of nitrogens with one attached hydrogen (secondary N) is 1. The molecule has 0 radical (unpaired) electrons. The Morgan fingerprint density at radius 1 is 1.21 bits per heavy atom. The maximum atomic E-state index is 13.2. The Bertz CT molecular complexity index is 568. The molecule has 3 heteroatoms. The van der Waals surface area contributed by atoms with Crippen molar-refractivity contribution in [2.45, 2.75) is 26.4 Å². The minimum Gasteiger partial charge on any atom is -0.508 e. The van der Waals surface area contributed by atoms with Crippen LogP contribution in [0.2, 0.25) is 0 Å². The third-order valence-corrected chi connectivity index (χ3v) is 3.20. The number of aryl methyl sites for hydroxylation is 1. The van der Waals surface area contributed by atoms with E-state index >= 15 is 0 Å². The van der Waals surface area contributed by atoms with E-state index in [0.717, 1.165) is 11.1 Å². The highest BCUT2D eigenvalue weighted by Gasteiger charge is 2.06. The van der Waals surface area contributed by atoms with Crippen LogP contribution >= 0.6 is 0 Å². The van der Waals surface area contributed by atoms with E-state index in [0.29, 0.717) is 12.1 Å². The molecule has 1 atom stereocenters. The Hall–Kier alpha value is -1.87. The van der Waals surface area contributed by atoms with Crippen molar-refractivity contribution in [3.8, 4) is 5.75 Å². The average Bonchev–Trinajstić information content (AvgIpc) is 2.40. The molecule has 2 aromatic carbocycles. The maximum Gasteiger partial charge on any atom is 0.126 e. The molecule has 0 saturated carbocycles. The lowest BCUT2D eigenvalue weighted by Gasteiger charge is -2.15. The lowest BCUT2D eigenvalue weighted by Crippen LogP contribution is -2.18. The van der Waals surface area contributed by atoms with E-state index in [9.17, 15) is 9.50 Å². The van der Waals surface area contributed by atoms with Gasteiger partial charge in [-0.3, -0.25) is 0 Å². The summed E-state index contributed by atoms with van der Waals surface area (Å²) in [5.41, 5.74) is 2.73. The van der Waals surface area contributed by atoms with E-state index in [2.05, 4.69) is 5.32 Å². The molecule has 2 aromatic rings. The molecule has 0 spiro atoms. The summed E-state index contributed by atoms with van der Waals surface area (Å²) in [5.74, 6) is 0.0913. The van der Waals surface area contributed by atoms with Crippen molar-refractivity contribution in [3.05, 3.63) is 65.0 Å². The van der Waals surface area contributed by atoms with Gasteiger partial charge in [0.25, 0.3) is 0 Å². The SMILES string of the molecule is Cc1cc(CNC(C)c2cccc(O)c2)ccc1F. The summed E-state index contributed by atoms with van der Waals surface area (Å²) in [4.78, 5) is 0. The second-order valence-electron chi connectivity index (χ2n) is 4.78. The van der Waals surface area contributed by atoms with Gasteiger partial charge in [0.1, 0.15) is 11.6 Å². The first-order valence-electron chi connectivity index (χ1n) is 6.33. The van der Waals surface area contributed by atoms with Crippen molar-refractivity contribution < 1.29 is 9.50 Å². The second kappa shape index (κ2) is 5.85. The smallest absolute Gasteiger partial charge is 0.126 e. The minimum absolute atomic E-state index is 0.123. The molecule has 100 valence electrons. The highest BCUT2D eigenvalue weighted by atomic mass is 19.1. The van der Waals surface area contributed by atoms with Crippen LogP contribution in [0.3, 0.4) is 0 Å². The van der Waals surface area contributed by atoms with Crippen LogP contribution in [0.4, 0.5) is 4.39 Å². The van der Waals surface area contributed by atoms with Crippen LogP contribution in [-0.4, -0.2) is 5.11 Å². The predicted molar refractivity (Wildman–Crippen MR) is 74.5 cm³/mol. The Balaban J connectivity index is 2.00. The first-order valence-corrected chi connectivity index (χ1v) is 6.33. The van der Waals surface area contributed by atoms with E-state index in [1.165, 1.54) is 6.07 Å². The van der Waals surface area contributed by atoms with Gasteiger partial charge in [0, 0.05) is 12.6 Å². The molecule has 0 amide bonds. The zero-order chi connectivity index (χ0) is 13.8. The van der Waals surface area contributed by atoms with Crippen LogP contribution in [0.25, 0.3) is 0 Å². The Kier molecular flexibility index (Phi) is 4.17. The molecule has 0 aliphatic carbocycles. The van der Waals surface area contributed by atoms with Crippen molar-refractivity contribution >= 4 is 0 Å². The van der Waals surface area contributed by atoms with E-state index in [-0.39, 0.29) is 17.6 Å². The molecule has 2 N–H and O–H groups in total. The fourth-order valence-corrected chi connectivity index (χ4v) is 2.00. The second-order valence-corrected chi connectivity index (χ2v) is 4.78. The molecule has 2 nitrogen and oxygen atoms in total. The van der Waals surface area contributed by atoms with Gasteiger partial charge in [0.2, 0.25) is 0 Å². The number of benzene rings is 2. The standard InChI is InChI=1S/C16H18FNO/c1-11-8-13(6-7-16(11)17)10-18-12(2)14-4-3-5-15(19)9-14/h3-9,12,18-19H,10H2,1-2H3. The zero-order valence-corrected chi connectivity index (χ0v) is 11.2. The average molecular weight is 259 g/mol. The molecule has 0 aliphatic heterocycles. The lowest BCUT2D eigenvalue weighted by atomic mass is 10.1. The normalized spacial score (nSPS) is 12.4. The summed E-state index contributed by atoms with van der Waals surface area (Å²) in [6, 6.07) is 12.4. The zero-order valence-electron chi connectivity index (χ0n) is 11.2. The number of halogens is 1. The number of hydrogen-bond donors (Lipinski definition) is 2. The first-order chi connectivity index (χ1) is 9.06. The van der Waals surface area contributed by atoms with Crippen molar-refractivity contribution in [1.82, 2.24) is 5.32 Å². The van der Waals surface area contributed by atoms with E-state index in [4.69, 9.17) is 0 Å². The number of phenols is 1. The maximum absolute atomic E-state index is 13.2. The van der Waals surface area contributed by atoms with Gasteiger partial charge >= 0.3 is 0 Å². The number of rotatable bonds is 4. The van der Waals surface area contributed by atoms with E-state index in [1.807, 2.05) is 25.1 Å². The minimum atomic E-state index is -0.176. The van der Waals surface area contributed by atoms with Gasteiger partial charge < -0.3 is 10.4 Å². The van der Waals surface area contributed by atoms with Crippen LogP contribution in [0, 0.1) is 12.7 Å². The lowest BCUT2D eigenvalue weighted by molar-refractivity contribution is 0.472. The molecule has 0 fully saturated rings. The van der Waals surface area contributed by atoms with Gasteiger partial charge in [-0.15, -0.1) is 0 Å². The van der Waals surface area contributed by atoms with Crippen molar-refractivity contribution in [3.63, 3.8) is 0 Å². The van der Waals surface area contributed by atoms with Crippen molar-refractivity contribution in [2.75, 3.05) is 0 Å². The Morgan fingerprint density at radius 2 is 2.00 bits per heavy atom. The van der Waals surface area contributed by atoms with Gasteiger partial charge in [-0.25, -0.2) is 4.39 Å². The molecule has 0 aliphatic rings. The summed E-state index contributed by atoms with van der Waals surface area (Å²) in [6.07, 6.45) is 0. The third-order valence-electron chi connectivity index (χ3n) is 3.20. The fraction of sp³-hybridized carbons (Fsp3) is 0.250. The quantitative estimate of drug-likeness (QED) is 0.877. The van der Waals surface area contributed by atoms with Crippen LogP contribution < -0.4 is 5.32 Å². The van der Waals surface area contributed by atoms with Gasteiger partial charge in [-0.1, -0.05) is 24.3 Å². The first kappa shape index (κ1) is 13.6. The molecule has 1 unspecified atom stereocenters. The summed E-state index contributed by atoms with van der Waals surface area (Å²) in [6.45, 7) is 4.46. The molecule has 19 heavy (non-hydrogen) atoms. The van der Waals surface area contributed by atoms with Gasteiger partial charge in [-0.2, -0.15) is 0 Å². The highest BCUT2D eigenvalue weighted by molar-refractivity contribution is 5.29. The molecule has 0 aromatic heterocycles. The summed E-state index contributed by atoms with van der Waals surface area (Å²) >= 11 is 0. The van der Waals surface area contributed by atoms with E-state index in [1.54, 1.807) is 25.1 Å². The Labute approximate surface area is 112 Å². The predicted octanol–water partition coefficient (Wildman–Crippen LogP) is 3.69. The molecule has 0 saturated heterocycles. The molecule has 0 bridgehead atoms. The van der Waals surface area contributed by atoms with Crippen LogP contribution in [0.15, 0.2) is 42.5 Å². The van der Waals surface area contributed by atoms with Gasteiger partial charge in [-0.05, 0) is 48.7 Å². The van der Waals surface area contributed by atoms with E-state index < -0.39 is 0 Å². The topological polar surface area (TPSA) is 32.3 Å². The highest BCUT2D eigenvalue weighted by Crippen LogP contribution is 2.18. The van der Waals surface area contributed by atoms with Crippen LogP contribution in [0.5, 0.6) is 5.75 Å². The molecule has 2 rings (SSSR count). The summed E-state index contributed by atoms with van der Waals surface area (Å²) < 4.78 is 13.2. The van der Waals surface area contributed by atoms with Gasteiger partial charge in [0.15, 0.2) is 0 Å². The summed E-state index contributed by atoms with van der Waals surface area (Å²) in [5, 5.41) is 12.8. The van der Waals surface area contributed by atoms with Crippen LogP contribution in [-0.2, 0) is 6.54 Å². The largest absolute Gasteiger partial charge is 0.508 e. The number of phenolic OH excluding ortho intramolecular Hbond substituents is 1. The molecular formula is C16H18FNO. The van der Waals surface area contributed by atoms with Gasteiger partial charge in [0.05, 0.1) is 0 Å².